The second-order valence-electron chi connectivity index (χ2n) is 3.67. The van der Waals surface area contributed by atoms with Crippen molar-refractivity contribution in [2.75, 3.05) is 20.3 Å². The van der Waals surface area contributed by atoms with Crippen molar-refractivity contribution in [3.63, 3.8) is 0 Å². The maximum Gasteiger partial charge on any atom is 0.319 e. The first kappa shape index (κ1) is 14.1. The number of hydrogen-bond acceptors (Lipinski definition) is 3. The predicted octanol–water partition coefficient (Wildman–Crippen LogP) is 1.63. The Morgan fingerprint density at radius 1 is 1.39 bits per heavy atom. The van der Waals surface area contributed by atoms with E-state index >= 15 is 0 Å². The van der Waals surface area contributed by atoms with E-state index in [1.54, 1.807) is 19.6 Å². The molecule has 0 saturated carbocycles. The molecule has 0 spiro atoms. The van der Waals surface area contributed by atoms with E-state index in [0.717, 1.165) is 10.5 Å². The average molecular weight is 246 g/mol. The van der Waals surface area contributed by atoms with Crippen LogP contribution in [0.25, 0.3) is 6.08 Å². The molecule has 0 bridgehead atoms. The van der Waals surface area contributed by atoms with Gasteiger partial charge in [-0.25, -0.2) is 0 Å². The van der Waals surface area contributed by atoms with Crippen LogP contribution < -0.4 is 0 Å². The summed E-state index contributed by atoms with van der Waals surface area (Å²) >= 11 is 0. The van der Waals surface area contributed by atoms with Crippen LogP contribution in [-0.4, -0.2) is 37.5 Å². The summed E-state index contributed by atoms with van der Waals surface area (Å²) in [6.45, 7) is 0.823. The highest BCUT2D eigenvalue weighted by molar-refractivity contribution is 5.97. The Morgan fingerprint density at radius 2 is 2.11 bits per heavy atom. The second-order valence-corrected chi connectivity index (χ2v) is 3.67. The van der Waals surface area contributed by atoms with E-state index in [1.807, 2.05) is 30.3 Å². The third-order valence-corrected chi connectivity index (χ3v) is 2.32. The third-order valence-electron chi connectivity index (χ3n) is 2.32. The van der Waals surface area contributed by atoms with Crippen LogP contribution in [0.3, 0.4) is 0 Å². The summed E-state index contributed by atoms with van der Waals surface area (Å²) in [7, 11) is 1.58. The summed E-state index contributed by atoms with van der Waals surface area (Å²) in [6.07, 6.45) is 5.27. The Kier molecular flexibility index (Phi) is 6.43. The number of hydrogen-bond donors (Lipinski definition) is 0. The number of rotatable bonds is 7. The first-order chi connectivity index (χ1) is 8.77. The minimum absolute atomic E-state index is 0.315. The van der Waals surface area contributed by atoms with Crippen molar-refractivity contribution >= 4 is 18.4 Å². The fourth-order valence-corrected chi connectivity index (χ4v) is 1.39. The van der Waals surface area contributed by atoms with Crippen molar-refractivity contribution in [1.29, 1.82) is 0 Å². The summed E-state index contributed by atoms with van der Waals surface area (Å²) in [4.78, 5) is 23.3. The van der Waals surface area contributed by atoms with Crippen molar-refractivity contribution in [2.45, 2.75) is 6.42 Å². The molecule has 0 atom stereocenters. The van der Waals surface area contributed by atoms with Gasteiger partial charge in [0.05, 0.1) is 0 Å². The minimum Gasteiger partial charge on any atom is -0.385 e. The monoisotopic (exact) mass is 246 g/mol. The van der Waals surface area contributed by atoms with Gasteiger partial charge in [-0.15, -0.1) is 0 Å². The maximum atomic E-state index is 11.7. The summed E-state index contributed by atoms with van der Waals surface area (Å²) in [5, 5.41) is 0. The van der Waals surface area contributed by atoms with Gasteiger partial charge in [-0.1, -0.05) is 30.3 Å². The Morgan fingerprint density at radius 3 is 2.72 bits per heavy atom. The molecule has 0 aliphatic rings. The molecule has 1 rings (SSSR count). The van der Waals surface area contributed by atoms with Gasteiger partial charge in [0.15, 0.2) is 0 Å². The van der Waals surface area contributed by atoms with Crippen LogP contribution in [0.1, 0.15) is 12.0 Å². The molecule has 0 aliphatic heterocycles. The van der Waals surface area contributed by atoms with Crippen molar-refractivity contribution < 1.29 is 14.3 Å². The topological polar surface area (TPSA) is 46.6 Å². The number of carbonyl (C=O) groups is 1. The van der Waals surface area contributed by atoms with Gasteiger partial charge in [-0.2, -0.15) is 0 Å². The third kappa shape index (κ3) is 4.93. The normalized spacial score (nSPS) is 10.5. The first-order valence-corrected chi connectivity index (χ1v) is 5.69. The average Bonchev–Trinajstić information content (AvgIpc) is 2.42. The number of imide groups is 1. The molecule has 1 aromatic rings. The van der Waals surface area contributed by atoms with E-state index in [1.165, 1.54) is 6.08 Å². The van der Waals surface area contributed by atoms with Gasteiger partial charge in [-0.05, 0) is 18.1 Å². The molecule has 95 valence electrons. The summed E-state index contributed by atoms with van der Waals surface area (Å²) in [6, 6.07) is 9.42. The minimum atomic E-state index is -0.370. The lowest BCUT2D eigenvalue weighted by Gasteiger charge is -2.11. The van der Waals surface area contributed by atoms with Gasteiger partial charge in [0.25, 0.3) is 5.91 Å². The van der Waals surface area contributed by atoms with Crippen LogP contribution in [0, 0.1) is 0 Å². The lowest BCUT2D eigenvalue weighted by Crippen LogP contribution is -2.29. The second kappa shape index (κ2) is 8.20. The van der Waals surface area contributed by atoms with Gasteiger partial charge in [0, 0.05) is 26.3 Å². The predicted molar refractivity (Wildman–Crippen MR) is 69.4 cm³/mol. The molecular weight excluding hydrogens is 230 g/mol. The Labute approximate surface area is 107 Å². The molecule has 18 heavy (non-hydrogen) atoms. The molecule has 0 unspecified atom stereocenters. The molecule has 0 saturated heterocycles. The van der Waals surface area contributed by atoms with Crippen LogP contribution in [0.15, 0.2) is 36.4 Å². The van der Waals surface area contributed by atoms with Gasteiger partial charge in [-0.3, -0.25) is 14.5 Å². The van der Waals surface area contributed by atoms with E-state index in [2.05, 4.69) is 0 Å². The Balaban J connectivity index is 2.52. The summed E-state index contributed by atoms with van der Waals surface area (Å²) in [5.74, 6) is -0.370. The molecule has 4 nitrogen and oxygen atoms in total. The fraction of sp³-hybridized carbons (Fsp3) is 0.286. The van der Waals surface area contributed by atoms with Gasteiger partial charge in [0.2, 0.25) is 0 Å². The number of ether oxygens (including phenoxy) is 1. The zero-order valence-corrected chi connectivity index (χ0v) is 10.3. The van der Waals surface area contributed by atoms with E-state index in [9.17, 15) is 9.59 Å². The lowest BCUT2D eigenvalue weighted by molar-refractivity contribution is -0.122. The molecule has 0 aromatic heterocycles. The number of carbonyl (C=O) groups excluding carboxylic acids is 2. The highest BCUT2D eigenvalue weighted by Gasteiger charge is 2.09. The Hall–Kier alpha value is -1.94. The number of benzene rings is 1. The SMILES string of the molecule is COCCCN([C]=O)C(=O)/C=C/c1ccccc1. The molecule has 1 radical (unpaired) electrons. The molecule has 0 aliphatic carbocycles. The molecule has 0 N–H and O–H groups in total. The number of nitrogens with zero attached hydrogens (tertiary/aromatic N) is 1. The van der Waals surface area contributed by atoms with E-state index in [4.69, 9.17) is 4.74 Å². The maximum absolute atomic E-state index is 11.7. The summed E-state index contributed by atoms with van der Waals surface area (Å²) < 4.78 is 4.86. The highest BCUT2D eigenvalue weighted by atomic mass is 16.5. The van der Waals surface area contributed by atoms with Crippen LogP contribution in [0.5, 0.6) is 0 Å². The number of amides is 2. The standard InChI is InChI=1S/C14H16NO3/c1-18-11-5-10-15(12-16)14(17)9-8-13-6-3-2-4-7-13/h2-4,6-9H,5,10-11H2,1H3/b9-8+. The van der Waals surface area contributed by atoms with Gasteiger partial charge < -0.3 is 4.74 Å². The van der Waals surface area contributed by atoms with Crippen LogP contribution in [0.2, 0.25) is 0 Å². The van der Waals surface area contributed by atoms with E-state index < -0.39 is 0 Å². The van der Waals surface area contributed by atoms with Gasteiger partial charge >= 0.3 is 6.41 Å². The van der Waals surface area contributed by atoms with Crippen molar-refractivity contribution in [3.8, 4) is 0 Å². The van der Waals surface area contributed by atoms with Gasteiger partial charge in [0.1, 0.15) is 0 Å². The molecule has 1 aromatic carbocycles. The van der Waals surface area contributed by atoms with Crippen LogP contribution >= 0.6 is 0 Å². The van der Waals surface area contributed by atoms with Crippen molar-refractivity contribution in [3.05, 3.63) is 42.0 Å². The van der Waals surface area contributed by atoms with Crippen LogP contribution in [-0.2, 0) is 14.3 Å². The van der Waals surface area contributed by atoms with Crippen molar-refractivity contribution in [2.24, 2.45) is 0 Å². The molecule has 2 amide bonds. The lowest BCUT2D eigenvalue weighted by atomic mass is 10.2. The zero-order chi connectivity index (χ0) is 13.2. The number of methoxy groups -OCH3 is 1. The smallest absolute Gasteiger partial charge is 0.319 e. The summed E-state index contributed by atoms with van der Waals surface area (Å²) in [5.41, 5.74) is 0.911. The molecule has 0 heterocycles. The van der Waals surface area contributed by atoms with E-state index in [-0.39, 0.29) is 5.91 Å². The molecule has 0 fully saturated rings. The highest BCUT2D eigenvalue weighted by Crippen LogP contribution is 2.02. The van der Waals surface area contributed by atoms with Crippen molar-refractivity contribution in [1.82, 2.24) is 4.90 Å². The first-order valence-electron chi connectivity index (χ1n) is 5.69. The quantitative estimate of drug-likeness (QED) is 0.417. The van der Waals surface area contributed by atoms with E-state index in [0.29, 0.717) is 19.6 Å². The fourth-order valence-electron chi connectivity index (χ4n) is 1.39. The van der Waals surface area contributed by atoms with Crippen LogP contribution in [0.4, 0.5) is 0 Å². The molecular formula is C14H16NO3. The zero-order valence-electron chi connectivity index (χ0n) is 10.3. The Bertz CT molecular complexity index is 401. The molecule has 4 heteroatoms. The largest absolute Gasteiger partial charge is 0.385 e.